The molecule has 1 fully saturated rings. The van der Waals surface area contributed by atoms with Gasteiger partial charge in [-0.1, -0.05) is 6.92 Å². The summed E-state index contributed by atoms with van der Waals surface area (Å²) in [4.78, 5) is 0. The van der Waals surface area contributed by atoms with Gasteiger partial charge >= 0.3 is 0 Å². The summed E-state index contributed by atoms with van der Waals surface area (Å²) in [6.07, 6.45) is 3.60. The zero-order valence-electron chi connectivity index (χ0n) is 10.3. The molecule has 0 aromatic carbocycles. The maximum atomic E-state index is 11.9. The highest BCUT2D eigenvalue weighted by atomic mass is 32.2. The van der Waals surface area contributed by atoms with E-state index in [9.17, 15) is 8.42 Å². The van der Waals surface area contributed by atoms with E-state index >= 15 is 0 Å². The summed E-state index contributed by atoms with van der Waals surface area (Å²) >= 11 is 0. The Bertz CT molecular complexity index is 469. The molecule has 0 radical (unpaired) electrons. The molecule has 1 N–H and O–H groups in total. The molecule has 1 saturated heterocycles. The van der Waals surface area contributed by atoms with Gasteiger partial charge in [-0.3, -0.25) is 5.10 Å². The van der Waals surface area contributed by atoms with Crippen molar-refractivity contribution in [1.82, 2.24) is 14.5 Å². The number of nitrogens with zero attached hydrogens (tertiary/aromatic N) is 2. The SMILES string of the molecule is CCS(=O)(=O)N1CCCC(C)(c2ccn[nH]2)C1. The first-order chi connectivity index (χ1) is 7.98. The first-order valence-corrected chi connectivity index (χ1v) is 7.56. The Labute approximate surface area is 102 Å². The van der Waals surface area contributed by atoms with Crippen LogP contribution in [-0.4, -0.2) is 41.8 Å². The van der Waals surface area contributed by atoms with Crippen LogP contribution in [0.1, 0.15) is 32.4 Å². The highest BCUT2D eigenvalue weighted by Gasteiger charge is 2.37. The first kappa shape index (κ1) is 12.6. The number of aromatic amines is 1. The molecule has 1 aliphatic heterocycles. The summed E-state index contributed by atoms with van der Waals surface area (Å²) in [5.41, 5.74) is 0.880. The van der Waals surface area contributed by atoms with Gasteiger partial charge in [-0.15, -0.1) is 0 Å². The minimum Gasteiger partial charge on any atom is -0.282 e. The Balaban J connectivity index is 2.23. The van der Waals surface area contributed by atoms with Crippen LogP contribution in [0.5, 0.6) is 0 Å². The molecule has 1 atom stereocenters. The molecule has 1 aromatic heterocycles. The molecule has 0 aliphatic carbocycles. The van der Waals surface area contributed by atoms with Crippen LogP contribution in [0.25, 0.3) is 0 Å². The van der Waals surface area contributed by atoms with Gasteiger partial charge in [0.25, 0.3) is 0 Å². The van der Waals surface area contributed by atoms with E-state index in [0.717, 1.165) is 18.5 Å². The summed E-state index contributed by atoms with van der Waals surface area (Å²) in [6.45, 7) is 4.97. The molecule has 0 bridgehead atoms. The molecule has 2 heterocycles. The molecule has 0 spiro atoms. The summed E-state index contributed by atoms with van der Waals surface area (Å²) in [5.74, 6) is 0.173. The lowest BCUT2D eigenvalue weighted by atomic mass is 9.80. The Morgan fingerprint density at radius 2 is 2.35 bits per heavy atom. The minimum absolute atomic E-state index is 0.142. The van der Waals surface area contributed by atoms with Gasteiger partial charge in [-0.05, 0) is 25.8 Å². The van der Waals surface area contributed by atoms with Crippen molar-refractivity contribution in [2.45, 2.75) is 32.1 Å². The summed E-state index contributed by atoms with van der Waals surface area (Å²) < 4.78 is 25.4. The van der Waals surface area contributed by atoms with Gasteiger partial charge in [-0.2, -0.15) is 5.10 Å². The van der Waals surface area contributed by atoms with Gasteiger partial charge in [-0.25, -0.2) is 12.7 Å². The van der Waals surface area contributed by atoms with Crippen LogP contribution in [0, 0.1) is 0 Å². The predicted octanol–water partition coefficient (Wildman–Crippen LogP) is 1.11. The van der Waals surface area contributed by atoms with E-state index in [1.54, 1.807) is 17.4 Å². The van der Waals surface area contributed by atoms with Crippen molar-refractivity contribution in [1.29, 1.82) is 0 Å². The lowest BCUT2D eigenvalue weighted by Crippen LogP contribution is -2.47. The van der Waals surface area contributed by atoms with Crippen molar-refractivity contribution in [3.8, 4) is 0 Å². The second-order valence-electron chi connectivity index (χ2n) is 4.87. The van der Waals surface area contributed by atoms with E-state index in [1.165, 1.54) is 0 Å². The van der Waals surface area contributed by atoms with Gasteiger partial charge in [0.15, 0.2) is 0 Å². The number of sulfonamides is 1. The van der Waals surface area contributed by atoms with Crippen molar-refractivity contribution >= 4 is 10.0 Å². The number of piperidine rings is 1. The normalized spacial score (nSPS) is 27.2. The van der Waals surface area contributed by atoms with E-state index in [4.69, 9.17) is 0 Å². The second kappa shape index (κ2) is 4.42. The van der Waals surface area contributed by atoms with Gasteiger partial charge in [0.05, 0.1) is 5.75 Å². The number of hydrogen-bond donors (Lipinski definition) is 1. The van der Waals surface area contributed by atoms with Crippen LogP contribution in [0.4, 0.5) is 0 Å². The fourth-order valence-corrected chi connectivity index (χ4v) is 3.68. The largest absolute Gasteiger partial charge is 0.282 e. The minimum atomic E-state index is -3.08. The molecule has 17 heavy (non-hydrogen) atoms. The number of nitrogens with one attached hydrogen (secondary N) is 1. The number of H-pyrrole nitrogens is 1. The second-order valence-corrected chi connectivity index (χ2v) is 7.13. The number of hydrogen-bond acceptors (Lipinski definition) is 3. The number of rotatable bonds is 3. The van der Waals surface area contributed by atoms with E-state index < -0.39 is 10.0 Å². The smallest absolute Gasteiger partial charge is 0.213 e. The quantitative estimate of drug-likeness (QED) is 0.882. The highest BCUT2D eigenvalue weighted by molar-refractivity contribution is 7.89. The topological polar surface area (TPSA) is 66.1 Å². The molecule has 2 rings (SSSR count). The highest BCUT2D eigenvalue weighted by Crippen LogP contribution is 2.33. The van der Waals surface area contributed by atoms with Crippen molar-refractivity contribution < 1.29 is 8.42 Å². The van der Waals surface area contributed by atoms with E-state index in [2.05, 4.69) is 17.1 Å². The van der Waals surface area contributed by atoms with Crippen molar-refractivity contribution in [3.05, 3.63) is 18.0 Å². The lowest BCUT2D eigenvalue weighted by molar-refractivity contribution is 0.236. The predicted molar refractivity (Wildman–Crippen MR) is 66.2 cm³/mol. The van der Waals surface area contributed by atoms with Gasteiger partial charge < -0.3 is 0 Å². The summed E-state index contributed by atoms with van der Waals surface area (Å²) in [6, 6.07) is 1.93. The molecular weight excluding hydrogens is 238 g/mol. The molecule has 96 valence electrons. The molecule has 5 nitrogen and oxygen atoms in total. The monoisotopic (exact) mass is 257 g/mol. The average Bonchev–Trinajstić information content (AvgIpc) is 2.83. The molecule has 1 aliphatic rings. The van der Waals surface area contributed by atoms with E-state index in [0.29, 0.717) is 13.1 Å². The Hall–Kier alpha value is -0.880. The molecule has 0 amide bonds. The van der Waals surface area contributed by atoms with Gasteiger partial charge in [0, 0.05) is 30.4 Å². The molecular formula is C11H19N3O2S. The molecule has 6 heteroatoms. The first-order valence-electron chi connectivity index (χ1n) is 5.96. The Kier molecular flexibility index (Phi) is 3.27. The van der Waals surface area contributed by atoms with Crippen LogP contribution < -0.4 is 0 Å². The van der Waals surface area contributed by atoms with Crippen molar-refractivity contribution in [2.75, 3.05) is 18.8 Å². The lowest BCUT2D eigenvalue weighted by Gasteiger charge is -2.38. The third kappa shape index (κ3) is 2.37. The van der Waals surface area contributed by atoms with E-state index in [1.807, 2.05) is 6.07 Å². The third-order valence-corrected chi connectivity index (χ3v) is 5.40. The maximum Gasteiger partial charge on any atom is 0.213 e. The molecule has 0 saturated carbocycles. The Morgan fingerprint density at radius 3 is 2.94 bits per heavy atom. The zero-order valence-corrected chi connectivity index (χ0v) is 11.1. The van der Waals surface area contributed by atoms with E-state index in [-0.39, 0.29) is 11.2 Å². The fraction of sp³-hybridized carbons (Fsp3) is 0.727. The number of aromatic nitrogens is 2. The summed E-state index contributed by atoms with van der Waals surface area (Å²) in [5, 5.41) is 6.92. The molecule has 1 aromatic rings. The van der Waals surface area contributed by atoms with Crippen LogP contribution in [0.3, 0.4) is 0 Å². The zero-order chi connectivity index (χ0) is 12.5. The van der Waals surface area contributed by atoms with Gasteiger partial charge in [0.2, 0.25) is 10.0 Å². The maximum absolute atomic E-state index is 11.9. The van der Waals surface area contributed by atoms with Gasteiger partial charge in [0.1, 0.15) is 0 Å². The van der Waals surface area contributed by atoms with Crippen molar-refractivity contribution in [2.24, 2.45) is 0 Å². The Morgan fingerprint density at radius 1 is 1.59 bits per heavy atom. The molecule has 1 unspecified atom stereocenters. The third-order valence-electron chi connectivity index (χ3n) is 3.57. The van der Waals surface area contributed by atoms with Crippen LogP contribution in [-0.2, 0) is 15.4 Å². The van der Waals surface area contributed by atoms with Crippen molar-refractivity contribution in [3.63, 3.8) is 0 Å². The average molecular weight is 257 g/mol. The van der Waals surface area contributed by atoms with Crippen LogP contribution >= 0.6 is 0 Å². The standard InChI is InChI=1S/C11H19N3O2S/c1-3-17(15,16)14-8-4-6-11(2,9-14)10-5-7-12-13-10/h5,7H,3-4,6,8-9H2,1-2H3,(H,12,13). The van der Waals surface area contributed by atoms with Crippen LogP contribution in [0.15, 0.2) is 12.3 Å². The fourth-order valence-electron chi connectivity index (χ4n) is 2.42. The summed E-state index contributed by atoms with van der Waals surface area (Å²) in [7, 11) is -3.08. The van der Waals surface area contributed by atoms with Crippen LogP contribution in [0.2, 0.25) is 0 Å².